The Kier molecular flexibility index (Phi) is 4.45. The van der Waals surface area contributed by atoms with E-state index in [9.17, 15) is 19.5 Å². The minimum atomic E-state index is -0.981. The van der Waals surface area contributed by atoms with Crippen LogP contribution >= 0.6 is 0 Å². The first-order valence-corrected chi connectivity index (χ1v) is 7.14. The molecule has 6 heteroatoms. The number of likely N-dealkylation sites (tertiary alicyclic amines) is 1. The largest absolute Gasteiger partial charge is 0.480 e. The summed E-state index contributed by atoms with van der Waals surface area (Å²) in [5.74, 6) is -1.03. The first-order chi connectivity index (χ1) is 9.93. The van der Waals surface area contributed by atoms with Crippen LogP contribution in [0.2, 0.25) is 0 Å². The Morgan fingerprint density at radius 3 is 2.71 bits per heavy atom. The van der Waals surface area contributed by atoms with Gasteiger partial charge in [0.2, 0.25) is 0 Å². The van der Waals surface area contributed by atoms with Crippen molar-refractivity contribution in [3.05, 3.63) is 34.2 Å². The maximum Gasteiger partial charge on any atom is 0.326 e. The van der Waals surface area contributed by atoms with E-state index in [1.807, 2.05) is 6.92 Å². The molecule has 1 N–H and O–H groups in total. The molecule has 1 saturated heterocycles. The Hall–Kier alpha value is -2.11. The summed E-state index contributed by atoms with van der Waals surface area (Å²) in [5, 5.41) is 9.36. The Bertz CT molecular complexity index is 608. The van der Waals surface area contributed by atoms with Gasteiger partial charge in [-0.15, -0.1) is 0 Å². The lowest BCUT2D eigenvalue weighted by Crippen LogP contribution is -2.50. The fourth-order valence-corrected chi connectivity index (χ4v) is 2.73. The average Bonchev–Trinajstić information content (AvgIpc) is 2.48. The van der Waals surface area contributed by atoms with E-state index in [0.29, 0.717) is 18.9 Å². The lowest BCUT2D eigenvalue weighted by molar-refractivity contribution is -0.144. The van der Waals surface area contributed by atoms with Gasteiger partial charge in [-0.2, -0.15) is 0 Å². The second kappa shape index (κ2) is 6.11. The van der Waals surface area contributed by atoms with E-state index in [4.69, 9.17) is 0 Å². The molecule has 21 heavy (non-hydrogen) atoms. The SMILES string of the molecule is CCC1CCN(C(=O)c2ccn(C)c(=O)c2)C(C(=O)O)C1. The summed E-state index contributed by atoms with van der Waals surface area (Å²) in [5.41, 5.74) is -0.0320. The van der Waals surface area contributed by atoms with E-state index < -0.39 is 12.0 Å². The number of hydrogen-bond acceptors (Lipinski definition) is 3. The topological polar surface area (TPSA) is 79.6 Å². The van der Waals surface area contributed by atoms with Crippen molar-refractivity contribution in [2.24, 2.45) is 13.0 Å². The Labute approximate surface area is 123 Å². The van der Waals surface area contributed by atoms with Gasteiger partial charge < -0.3 is 14.6 Å². The van der Waals surface area contributed by atoms with Gasteiger partial charge in [0, 0.05) is 31.4 Å². The molecular formula is C15H20N2O4. The highest BCUT2D eigenvalue weighted by atomic mass is 16.4. The standard InChI is InChI=1S/C15H20N2O4/c1-3-10-4-7-17(12(8-10)15(20)21)14(19)11-5-6-16(2)13(18)9-11/h5-6,9-10,12H,3-4,7-8H2,1-2H3,(H,20,21). The fraction of sp³-hybridized carbons (Fsp3) is 0.533. The molecule has 1 aliphatic rings. The fourth-order valence-electron chi connectivity index (χ4n) is 2.73. The van der Waals surface area contributed by atoms with Crippen LogP contribution in [0.5, 0.6) is 0 Å². The molecular weight excluding hydrogens is 272 g/mol. The van der Waals surface area contributed by atoms with Gasteiger partial charge in [-0.3, -0.25) is 9.59 Å². The van der Waals surface area contributed by atoms with Gasteiger partial charge in [-0.1, -0.05) is 13.3 Å². The van der Waals surface area contributed by atoms with Crippen molar-refractivity contribution in [2.75, 3.05) is 6.54 Å². The summed E-state index contributed by atoms with van der Waals surface area (Å²) in [4.78, 5) is 36.9. The quantitative estimate of drug-likeness (QED) is 0.904. The van der Waals surface area contributed by atoms with Gasteiger partial charge in [0.25, 0.3) is 11.5 Å². The number of amides is 1. The lowest BCUT2D eigenvalue weighted by atomic mass is 9.88. The highest BCUT2D eigenvalue weighted by Crippen LogP contribution is 2.26. The van der Waals surface area contributed by atoms with Crippen molar-refractivity contribution in [3.8, 4) is 0 Å². The van der Waals surface area contributed by atoms with Crippen LogP contribution in [-0.4, -0.2) is 39.0 Å². The molecule has 1 aromatic rings. The molecule has 0 aliphatic carbocycles. The van der Waals surface area contributed by atoms with Crippen molar-refractivity contribution < 1.29 is 14.7 Å². The van der Waals surface area contributed by atoms with Crippen molar-refractivity contribution in [2.45, 2.75) is 32.2 Å². The number of rotatable bonds is 3. The molecule has 1 fully saturated rings. The summed E-state index contributed by atoms with van der Waals surface area (Å²) in [6.07, 6.45) is 3.71. The number of carbonyl (C=O) groups excluding carboxylic acids is 1. The third kappa shape index (κ3) is 3.15. The first-order valence-electron chi connectivity index (χ1n) is 7.14. The molecule has 0 spiro atoms. The number of aromatic nitrogens is 1. The van der Waals surface area contributed by atoms with Crippen LogP contribution in [0, 0.1) is 5.92 Å². The predicted molar refractivity (Wildman–Crippen MR) is 77.2 cm³/mol. The average molecular weight is 292 g/mol. The second-order valence-corrected chi connectivity index (χ2v) is 5.52. The minimum absolute atomic E-state index is 0.249. The zero-order valence-electron chi connectivity index (χ0n) is 12.3. The maximum atomic E-state index is 12.5. The van der Waals surface area contributed by atoms with Crippen LogP contribution in [0.4, 0.5) is 0 Å². The van der Waals surface area contributed by atoms with E-state index >= 15 is 0 Å². The molecule has 2 unspecified atom stereocenters. The number of nitrogens with zero attached hydrogens (tertiary/aromatic N) is 2. The summed E-state index contributed by atoms with van der Waals surface area (Å²) >= 11 is 0. The van der Waals surface area contributed by atoms with E-state index in [2.05, 4.69) is 0 Å². The number of hydrogen-bond donors (Lipinski definition) is 1. The number of aryl methyl sites for hydroxylation is 1. The molecule has 2 rings (SSSR count). The van der Waals surface area contributed by atoms with Gasteiger partial charge in [0.1, 0.15) is 6.04 Å². The van der Waals surface area contributed by atoms with Gasteiger partial charge >= 0.3 is 5.97 Å². The molecule has 1 aliphatic heterocycles. The van der Waals surface area contributed by atoms with E-state index in [0.717, 1.165) is 12.8 Å². The van der Waals surface area contributed by atoms with Gasteiger partial charge in [-0.05, 0) is 24.8 Å². The summed E-state index contributed by atoms with van der Waals surface area (Å²) in [7, 11) is 1.60. The van der Waals surface area contributed by atoms with Crippen molar-refractivity contribution in [3.63, 3.8) is 0 Å². The summed E-state index contributed by atoms with van der Waals surface area (Å²) in [6.45, 7) is 2.45. The van der Waals surface area contributed by atoms with Crippen LogP contribution in [-0.2, 0) is 11.8 Å². The zero-order chi connectivity index (χ0) is 15.6. The molecule has 6 nitrogen and oxygen atoms in total. The first kappa shape index (κ1) is 15.3. The predicted octanol–water partition coefficient (Wildman–Crippen LogP) is 1.10. The minimum Gasteiger partial charge on any atom is -0.480 e. The molecule has 2 atom stereocenters. The smallest absolute Gasteiger partial charge is 0.326 e. The Balaban J connectivity index is 2.26. The number of carboxylic acid groups (broad SMARTS) is 1. The number of carbonyl (C=O) groups is 2. The number of pyridine rings is 1. The van der Waals surface area contributed by atoms with E-state index in [1.54, 1.807) is 13.1 Å². The molecule has 1 aromatic heterocycles. The highest BCUT2D eigenvalue weighted by Gasteiger charge is 2.36. The monoisotopic (exact) mass is 292 g/mol. The zero-order valence-corrected chi connectivity index (χ0v) is 12.3. The van der Waals surface area contributed by atoms with Gasteiger partial charge in [-0.25, -0.2) is 4.79 Å². The van der Waals surface area contributed by atoms with Crippen LogP contribution in [0.15, 0.2) is 23.1 Å². The molecule has 1 amide bonds. The van der Waals surface area contributed by atoms with Crippen LogP contribution in [0.25, 0.3) is 0 Å². The Morgan fingerprint density at radius 2 is 2.14 bits per heavy atom. The van der Waals surface area contributed by atoms with Crippen LogP contribution < -0.4 is 5.56 Å². The van der Waals surface area contributed by atoms with Crippen LogP contribution in [0.3, 0.4) is 0 Å². The third-order valence-corrected chi connectivity index (χ3v) is 4.19. The molecule has 0 aromatic carbocycles. The van der Waals surface area contributed by atoms with Crippen LogP contribution in [0.1, 0.15) is 36.5 Å². The van der Waals surface area contributed by atoms with Crippen molar-refractivity contribution >= 4 is 11.9 Å². The maximum absolute atomic E-state index is 12.5. The van der Waals surface area contributed by atoms with E-state index in [-0.39, 0.29) is 17.0 Å². The molecule has 0 saturated carbocycles. The van der Waals surface area contributed by atoms with Crippen molar-refractivity contribution in [1.29, 1.82) is 0 Å². The highest BCUT2D eigenvalue weighted by molar-refractivity contribution is 5.96. The summed E-state index contributed by atoms with van der Waals surface area (Å²) < 4.78 is 1.37. The lowest BCUT2D eigenvalue weighted by Gasteiger charge is -2.37. The summed E-state index contributed by atoms with van der Waals surface area (Å²) in [6, 6.07) is 2.00. The number of piperidine rings is 1. The van der Waals surface area contributed by atoms with Crippen molar-refractivity contribution in [1.82, 2.24) is 9.47 Å². The second-order valence-electron chi connectivity index (χ2n) is 5.52. The normalized spacial score (nSPS) is 22.1. The molecule has 2 heterocycles. The van der Waals surface area contributed by atoms with Gasteiger partial charge in [0.15, 0.2) is 0 Å². The third-order valence-electron chi connectivity index (χ3n) is 4.19. The van der Waals surface area contributed by atoms with E-state index in [1.165, 1.54) is 21.7 Å². The number of aliphatic carboxylic acids is 1. The number of carboxylic acids is 1. The van der Waals surface area contributed by atoms with Gasteiger partial charge in [0.05, 0.1) is 0 Å². The molecule has 114 valence electrons. The molecule has 0 bridgehead atoms. The Morgan fingerprint density at radius 1 is 1.43 bits per heavy atom. The molecule has 0 radical (unpaired) electrons.